The molecule has 1 aromatic rings. The lowest BCUT2D eigenvalue weighted by Gasteiger charge is -2.16. The summed E-state index contributed by atoms with van der Waals surface area (Å²) in [5, 5.41) is 0. The van der Waals surface area contributed by atoms with Crippen molar-refractivity contribution in [2.24, 2.45) is 0 Å². The summed E-state index contributed by atoms with van der Waals surface area (Å²) in [6, 6.07) is 4.27. The summed E-state index contributed by atoms with van der Waals surface area (Å²) in [4.78, 5) is 0. The van der Waals surface area contributed by atoms with Crippen LogP contribution in [-0.2, 0) is 4.74 Å². The number of hydrogen-bond donors (Lipinski definition) is 1. The first-order valence-corrected chi connectivity index (χ1v) is 5.28. The Morgan fingerprint density at radius 2 is 2.18 bits per heavy atom. The largest absolute Gasteiger partial charge is 0.461 e. The first-order valence-electron chi connectivity index (χ1n) is 5.28. The van der Waals surface area contributed by atoms with Gasteiger partial charge in [-0.05, 0) is 18.6 Å². The van der Waals surface area contributed by atoms with Crippen LogP contribution in [0, 0.1) is 0 Å². The Balaban J connectivity index is 2.13. The third kappa shape index (κ3) is 3.20. The summed E-state index contributed by atoms with van der Waals surface area (Å²) < 4.78 is 39.4. The van der Waals surface area contributed by atoms with Gasteiger partial charge in [-0.3, -0.25) is 0 Å². The highest BCUT2D eigenvalue weighted by molar-refractivity contribution is 5.52. The molecule has 2 N–H and O–H groups in total. The average molecular weight is 245 g/mol. The number of hydrogen-bond acceptors (Lipinski definition) is 4. The zero-order chi connectivity index (χ0) is 12.3. The second kappa shape index (κ2) is 5.18. The van der Waals surface area contributed by atoms with Gasteiger partial charge in [0.25, 0.3) is 0 Å². The van der Waals surface area contributed by atoms with E-state index >= 15 is 0 Å². The molecule has 0 aliphatic carbocycles. The average Bonchev–Trinajstić information content (AvgIpc) is 2.74. The number of rotatable bonds is 4. The van der Waals surface area contributed by atoms with Crippen molar-refractivity contribution < 1.29 is 23.0 Å². The van der Waals surface area contributed by atoms with Crippen LogP contribution < -0.4 is 15.2 Å². The molecule has 4 nitrogen and oxygen atoms in total. The first kappa shape index (κ1) is 11.9. The summed E-state index contributed by atoms with van der Waals surface area (Å²) in [6.45, 7) is -2.29. The van der Waals surface area contributed by atoms with E-state index in [1.165, 1.54) is 18.2 Å². The van der Waals surface area contributed by atoms with Gasteiger partial charge in [-0.25, -0.2) is 0 Å². The fraction of sp³-hybridized carbons (Fsp3) is 0.455. The molecule has 2 rings (SSSR count). The Morgan fingerprint density at radius 3 is 2.82 bits per heavy atom. The van der Waals surface area contributed by atoms with Crippen LogP contribution >= 0.6 is 0 Å². The SMILES string of the molecule is Nc1ccc(OC(F)F)c(OC2CCCO2)c1. The molecule has 1 aliphatic heterocycles. The Morgan fingerprint density at radius 1 is 1.35 bits per heavy atom. The van der Waals surface area contributed by atoms with E-state index in [0.717, 1.165) is 12.8 Å². The predicted octanol–water partition coefficient (Wildman–Crippen LogP) is 2.39. The number of halogens is 2. The maximum absolute atomic E-state index is 12.2. The van der Waals surface area contributed by atoms with Crippen molar-refractivity contribution in [1.82, 2.24) is 0 Å². The van der Waals surface area contributed by atoms with Crippen LogP contribution in [0.25, 0.3) is 0 Å². The van der Waals surface area contributed by atoms with Crippen molar-refractivity contribution in [3.63, 3.8) is 0 Å². The first-order chi connectivity index (χ1) is 8.15. The number of ether oxygens (including phenoxy) is 3. The molecule has 6 heteroatoms. The number of benzene rings is 1. The third-order valence-electron chi connectivity index (χ3n) is 2.33. The minimum absolute atomic E-state index is 0.0373. The van der Waals surface area contributed by atoms with E-state index in [0.29, 0.717) is 12.3 Å². The van der Waals surface area contributed by atoms with E-state index < -0.39 is 12.9 Å². The molecule has 1 saturated heterocycles. The molecule has 1 aliphatic rings. The van der Waals surface area contributed by atoms with Crippen molar-refractivity contribution >= 4 is 5.69 Å². The molecule has 0 amide bonds. The van der Waals surface area contributed by atoms with Crippen molar-refractivity contribution in [3.8, 4) is 11.5 Å². The molecule has 1 heterocycles. The lowest BCUT2D eigenvalue weighted by atomic mass is 10.3. The lowest BCUT2D eigenvalue weighted by Crippen LogP contribution is -2.15. The van der Waals surface area contributed by atoms with Gasteiger partial charge in [0.2, 0.25) is 0 Å². The lowest BCUT2D eigenvalue weighted by molar-refractivity contribution is -0.0632. The van der Waals surface area contributed by atoms with E-state index in [1.807, 2.05) is 0 Å². The minimum Gasteiger partial charge on any atom is -0.461 e. The van der Waals surface area contributed by atoms with Crippen LogP contribution in [0.5, 0.6) is 11.5 Å². The van der Waals surface area contributed by atoms with Gasteiger partial charge in [0, 0.05) is 18.2 Å². The molecule has 0 saturated carbocycles. The minimum atomic E-state index is -2.90. The molecule has 17 heavy (non-hydrogen) atoms. The monoisotopic (exact) mass is 245 g/mol. The van der Waals surface area contributed by atoms with Crippen molar-refractivity contribution in [2.45, 2.75) is 25.7 Å². The van der Waals surface area contributed by atoms with Crippen LogP contribution in [0.3, 0.4) is 0 Å². The smallest absolute Gasteiger partial charge is 0.387 e. The van der Waals surface area contributed by atoms with Gasteiger partial charge in [0.05, 0.1) is 6.61 Å². The molecule has 0 aromatic heterocycles. The standard InChI is InChI=1S/C11H13F2NO3/c12-11(13)17-8-4-3-7(14)6-9(8)16-10-2-1-5-15-10/h3-4,6,10-11H,1-2,5,14H2. The third-order valence-corrected chi connectivity index (χ3v) is 2.33. The van der Waals surface area contributed by atoms with Crippen LogP contribution in [0.4, 0.5) is 14.5 Å². The van der Waals surface area contributed by atoms with Gasteiger partial charge in [0.15, 0.2) is 17.8 Å². The fourth-order valence-corrected chi connectivity index (χ4v) is 1.59. The summed E-state index contributed by atoms with van der Waals surface area (Å²) in [6.07, 6.45) is 1.19. The van der Waals surface area contributed by atoms with Crippen molar-refractivity contribution in [1.29, 1.82) is 0 Å². The highest BCUT2D eigenvalue weighted by Crippen LogP contribution is 2.32. The van der Waals surface area contributed by atoms with Crippen molar-refractivity contribution in [3.05, 3.63) is 18.2 Å². The van der Waals surface area contributed by atoms with E-state index in [9.17, 15) is 8.78 Å². The summed E-state index contributed by atoms with van der Waals surface area (Å²) in [5.74, 6) is 0.141. The Bertz CT molecular complexity index is 381. The molecule has 1 fully saturated rings. The number of anilines is 1. The molecule has 0 spiro atoms. The molecule has 94 valence electrons. The topological polar surface area (TPSA) is 53.7 Å². The fourth-order valence-electron chi connectivity index (χ4n) is 1.59. The highest BCUT2D eigenvalue weighted by atomic mass is 19.3. The molecular formula is C11H13F2NO3. The van der Waals surface area contributed by atoms with E-state index in [4.69, 9.17) is 15.2 Å². The highest BCUT2D eigenvalue weighted by Gasteiger charge is 2.20. The van der Waals surface area contributed by atoms with Crippen LogP contribution in [0.1, 0.15) is 12.8 Å². The van der Waals surface area contributed by atoms with Gasteiger partial charge in [-0.2, -0.15) is 8.78 Å². The molecule has 0 radical (unpaired) electrons. The van der Waals surface area contributed by atoms with E-state index in [-0.39, 0.29) is 11.5 Å². The second-order valence-corrected chi connectivity index (χ2v) is 3.65. The summed E-state index contributed by atoms with van der Waals surface area (Å²) in [5.41, 5.74) is 5.98. The van der Waals surface area contributed by atoms with E-state index in [2.05, 4.69) is 4.74 Å². The van der Waals surface area contributed by atoms with Gasteiger partial charge in [0.1, 0.15) is 0 Å². The maximum atomic E-state index is 12.2. The molecule has 1 unspecified atom stereocenters. The Kier molecular flexibility index (Phi) is 3.63. The normalized spacial score (nSPS) is 19.6. The van der Waals surface area contributed by atoms with Crippen LogP contribution in [-0.4, -0.2) is 19.5 Å². The predicted molar refractivity (Wildman–Crippen MR) is 57.1 cm³/mol. The number of alkyl halides is 2. The zero-order valence-electron chi connectivity index (χ0n) is 9.07. The Labute approximate surface area is 97.3 Å². The maximum Gasteiger partial charge on any atom is 0.387 e. The van der Waals surface area contributed by atoms with Crippen LogP contribution in [0.15, 0.2) is 18.2 Å². The molecular weight excluding hydrogens is 232 g/mol. The molecule has 0 bridgehead atoms. The van der Waals surface area contributed by atoms with Gasteiger partial charge in [-0.15, -0.1) is 0 Å². The van der Waals surface area contributed by atoms with Gasteiger partial charge >= 0.3 is 6.61 Å². The van der Waals surface area contributed by atoms with Crippen LogP contribution in [0.2, 0.25) is 0 Å². The summed E-state index contributed by atoms with van der Waals surface area (Å²) in [7, 11) is 0. The molecule has 1 aromatic carbocycles. The number of nitrogen functional groups attached to an aromatic ring is 1. The summed E-state index contributed by atoms with van der Waals surface area (Å²) >= 11 is 0. The van der Waals surface area contributed by atoms with Gasteiger partial charge < -0.3 is 19.9 Å². The Hall–Kier alpha value is -1.56. The quantitative estimate of drug-likeness (QED) is 0.827. The zero-order valence-corrected chi connectivity index (χ0v) is 9.07. The second-order valence-electron chi connectivity index (χ2n) is 3.65. The van der Waals surface area contributed by atoms with E-state index in [1.54, 1.807) is 0 Å². The van der Waals surface area contributed by atoms with Gasteiger partial charge in [-0.1, -0.05) is 0 Å². The van der Waals surface area contributed by atoms with Crippen molar-refractivity contribution in [2.75, 3.05) is 12.3 Å². The number of nitrogens with two attached hydrogens (primary N) is 1. The molecule has 1 atom stereocenters.